The number of nitrogens with two attached hydrogens (primary N) is 1. The first-order valence-electron chi connectivity index (χ1n) is 7.82. The summed E-state index contributed by atoms with van der Waals surface area (Å²) in [5.74, 6) is 0.861. The molecule has 1 saturated heterocycles. The third kappa shape index (κ3) is 3.01. The summed E-state index contributed by atoms with van der Waals surface area (Å²) in [6.45, 7) is 4.21. The molecular formula is C17H26N2. The minimum atomic E-state index is 0.576. The smallest absolute Gasteiger partial charge is 0.0240 e. The lowest BCUT2D eigenvalue weighted by Gasteiger charge is -2.40. The van der Waals surface area contributed by atoms with Crippen LogP contribution in [-0.2, 0) is 6.54 Å². The van der Waals surface area contributed by atoms with Gasteiger partial charge in [-0.3, -0.25) is 4.90 Å². The molecule has 1 saturated carbocycles. The van der Waals surface area contributed by atoms with Crippen LogP contribution in [0.2, 0.25) is 0 Å². The van der Waals surface area contributed by atoms with Crippen LogP contribution in [0.1, 0.15) is 56.1 Å². The van der Waals surface area contributed by atoms with Crippen LogP contribution in [0.25, 0.3) is 0 Å². The molecule has 2 heteroatoms. The fraction of sp³-hybridized carbons (Fsp3) is 0.647. The quantitative estimate of drug-likeness (QED) is 0.898. The van der Waals surface area contributed by atoms with Gasteiger partial charge in [-0.15, -0.1) is 0 Å². The van der Waals surface area contributed by atoms with Crippen molar-refractivity contribution in [1.29, 1.82) is 0 Å². The number of rotatable bonds is 4. The molecule has 2 unspecified atom stereocenters. The predicted octanol–water partition coefficient (Wildman–Crippen LogP) is 3.27. The molecule has 0 spiro atoms. The van der Waals surface area contributed by atoms with Gasteiger partial charge in [0.05, 0.1) is 0 Å². The molecule has 104 valence electrons. The van der Waals surface area contributed by atoms with Gasteiger partial charge in [-0.2, -0.15) is 0 Å². The Balaban J connectivity index is 1.67. The fourth-order valence-corrected chi connectivity index (χ4v) is 3.40. The van der Waals surface area contributed by atoms with Crippen LogP contribution in [-0.4, -0.2) is 23.5 Å². The minimum Gasteiger partial charge on any atom is -0.329 e. The number of benzene rings is 1. The van der Waals surface area contributed by atoms with Crippen molar-refractivity contribution in [3.05, 3.63) is 35.4 Å². The Labute approximate surface area is 117 Å². The molecule has 1 aromatic rings. The van der Waals surface area contributed by atoms with E-state index in [9.17, 15) is 0 Å². The van der Waals surface area contributed by atoms with Gasteiger partial charge in [-0.25, -0.2) is 0 Å². The first-order chi connectivity index (χ1) is 9.28. The molecule has 0 bridgehead atoms. The molecule has 1 aromatic carbocycles. The molecule has 0 amide bonds. The van der Waals surface area contributed by atoms with E-state index in [-0.39, 0.29) is 0 Å². The van der Waals surface area contributed by atoms with Gasteiger partial charge >= 0.3 is 0 Å². The normalized spacial score (nSPS) is 28.5. The van der Waals surface area contributed by atoms with Crippen LogP contribution in [0.15, 0.2) is 24.3 Å². The van der Waals surface area contributed by atoms with Crippen molar-refractivity contribution in [2.24, 2.45) is 5.73 Å². The maximum Gasteiger partial charge on any atom is 0.0240 e. The topological polar surface area (TPSA) is 29.3 Å². The molecule has 2 atom stereocenters. The lowest BCUT2D eigenvalue weighted by atomic mass is 9.95. The second kappa shape index (κ2) is 5.64. The van der Waals surface area contributed by atoms with Crippen LogP contribution in [0.3, 0.4) is 0 Å². The highest BCUT2D eigenvalue weighted by Crippen LogP contribution is 2.40. The van der Waals surface area contributed by atoms with Gasteiger partial charge in [0.1, 0.15) is 0 Å². The van der Waals surface area contributed by atoms with E-state index in [2.05, 4.69) is 36.1 Å². The van der Waals surface area contributed by atoms with E-state index in [0.717, 1.165) is 19.0 Å². The Morgan fingerprint density at radius 3 is 2.47 bits per heavy atom. The zero-order valence-corrected chi connectivity index (χ0v) is 12.0. The summed E-state index contributed by atoms with van der Waals surface area (Å²) in [6.07, 6.45) is 6.69. The molecule has 0 radical (unpaired) electrons. The fourth-order valence-electron chi connectivity index (χ4n) is 3.40. The SMILES string of the molecule is CC1CCCC(CN)N1Cc1ccc(C2CC2)cc1. The van der Waals surface area contributed by atoms with E-state index in [1.165, 1.54) is 43.2 Å². The third-order valence-corrected chi connectivity index (χ3v) is 4.86. The van der Waals surface area contributed by atoms with Crippen molar-refractivity contribution < 1.29 is 0 Å². The van der Waals surface area contributed by atoms with Gasteiger partial charge in [0.2, 0.25) is 0 Å². The van der Waals surface area contributed by atoms with Crippen molar-refractivity contribution >= 4 is 0 Å². The minimum absolute atomic E-state index is 0.576. The Morgan fingerprint density at radius 2 is 1.84 bits per heavy atom. The third-order valence-electron chi connectivity index (χ3n) is 4.86. The highest BCUT2D eigenvalue weighted by Gasteiger charge is 2.27. The molecule has 1 aliphatic heterocycles. The molecule has 2 N–H and O–H groups in total. The van der Waals surface area contributed by atoms with Crippen LogP contribution < -0.4 is 5.73 Å². The number of hydrogen-bond acceptors (Lipinski definition) is 2. The lowest BCUT2D eigenvalue weighted by Crippen LogP contribution is -2.48. The standard InChI is InChI=1S/C17H26N2/c1-13-3-2-4-17(11-18)19(13)12-14-5-7-15(8-6-14)16-9-10-16/h5-8,13,16-17H,2-4,9-12,18H2,1H3. The van der Waals surface area contributed by atoms with Crippen molar-refractivity contribution in [1.82, 2.24) is 4.90 Å². The second-order valence-corrected chi connectivity index (χ2v) is 6.36. The first-order valence-corrected chi connectivity index (χ1v) is 7.82. The lowest BCUT2D eigenvalue weighted by molar-refractivity contribution is 0.0892. The van der Waals surface area contributed by atoms with Crippen LogP contribution in [0.5, 0.6) is 0 Å². The van der Waals surface area contributed by atoms with Gasteiger partial charge in [0.25, 0.3) is 0 Å². The first kappa shape index (κ1) is 13.1. The molecular weight excluding hydrogens is 232 g/mol. The van der Waals surface area contributed by atoms with Gasteiger partial charge < -0.3 is 5.73 Å². The van der Waals surface area contributed by atoms with Crippen LogP contribution in [0.4, 0.5) is 0 Å². The molecule has 0 aromatic heterocycles. The number of likely N-dealkylation sites (tertiary alicyclic amines) is 1. The Morgan fingerprint density at radius 1 is 1.11 bits per heavy atom. The van der Waals surface area contributed by atoms with Gasteiger partial charge in [-0.1, -0.05) is 30.7 Å². The van der Waals surface area contributed by atoms with Crippen molar-refractivity contribution in [2.75, 3.05) is 6.54 Å². The maximum absolute atomic E-state index is 5.94. The monoisotopic (exact) mass is 258 g/mol. The highest BCUT2D eigenvalue weighted by atomic mass is 15.2. The summed E-state index contributed by atoms with van der Waals surface area (Å²) < 4.78 is 0. The number of piperidine rings is 1. The average molecular weight is 258 g/mol. The number of nitrogens with zero attached hydrogens (tertiary/aromatic N) is 1. The summed E-state index contributed by atoms with van der Waals surface area (Å²) in [5.41, 5.74) is 8.91. The van der Waals surface area contributed by atoms with Crippen molar-refractivity contribution in [3.8, 4) is 0 Å². The van der Waals surface area contributed by atoms with E-state index in [0.29, 0.717) is 12.1 Å². The van der Waals surface area contributed by atoms with Gasteiger partial charge in [-0.05, 0) is 49.7 Å². The molecule has 1 heterocycles. The van der Waals surface area contributed by atoms with E-state index < -0.39 is 0 Å². The number of hydrogen-bond donors (Lipinski definition) is 1. The van der Waals surface area contributed by atoms with E-state index in [4.69, 9.17) is 5.73 Å². The summed E-state index contributed by atoms with van der Waals surface area (Å²) in [6, 6.07) is 10.6. The Hall–Kier alpha value is -0.860. The molecule has 2 aliphatic rings. The Kier molecular flexibility index (Phi) is 3.90. The largest absolute Gasteiger partial charge is 0.329 e. The Bertz CT molecular complexity index is 408. The van der Waals surface area contributed by atoms with E-state index in [1.807, 2.05) is 0 Å². The molecule has 2 nitrogen and oxygen atoms in total. The van der Waals surface area contributed by atoms with Crippen LogP contribution in [0, 0.1) is 0 Å². The van der Waals surface area contributed by atoms with Gasteiger partial charge in [0.15, 0.2) is 0 Å². The molecule has 1 aliphatic carbocycles. The molecule has 2 fully saturated rings. The molecule has 19 heavy (non-hydrogen) atoms. The van der Waals surface area contributed by atoms with Crippen LogP contribution >= 0.6 is 0 Å². The summed E-state index contributed by atoms with van der Waals surface area (Å²) in [7, 11) is 0. The van der Waals surface area contributed by atoms with Gasteiger partial charge in [0, 0.05) is 25.2 Å². The average Bonchev–Trinajstić information content (AvgIpc) is 3.26. The van der Waals surface area contributed by atoms with Crippen molar-refractivity contribution in [3.63, 3.8) is 0 Å². The zero-order valence-electron chi connectivity index (χ0n) is 12.0. The van der Waals surface area contributed by atoms with Crippen molar-refractivity contribution in [2.45, 2.75) is 63.6 Å². The zero-order chi connectivity index (χ0) is 13.2. The molecule has 3 rings (SSSR count). The summed E-state index contributed by atoms with van der Waals surface area (Å²) in [4.78, 5) is 2.61. The maximum atomic E-state index is 5.94. The second-order valence-electron chi connectivity index (χ2n) is 6.36. The summed E-state index contributed by atoms with van der Waals surface area (Å²) in [5, 5.41) is 0. The van der Waals surface area contributed by atoms with E-state index >= 15 is 0 Å². The highest BCUT2D eigenvalue weighted by molar-refractivity contribution is 5.28. The predicted molar refractivity (Wildman–Crippen MR) is 80.1 cm³/mol. The van der Waals surface area contributed by atoms with E-state index in [1.54, 1.807) is 0 Å². The summed E-state index contributed by atoms with van der Waals surface area (Å²) >= 11 is 0.